The molecule has 1 fully saturated rings. The highest BCUT2D eigenvalue weighted by molar-refractivity contribution is 8.03. The van der Waals surface area contributed by atoms with Crippen LogP contribution in [0.25, 0.3) is 0 Å². The van der Waals surface area contributed by atoms with Crippen molar-refractivity contribution in [2.45, 2.75) is 14.8 Å². The van der Waals surface area contributed by atoms with Crippen LogP contribution in [0.3, 0.4) is 0 Å². The van der Waals surface area contributed by atoms with Gasteiger partial charge in [0.25, 0.3) is 0 Å². The fourth-order valence-corrected chi connectivity index (χ4v) is 4.80. The smallest absolute Gasteiger partial charge is 0.414 e. The average Bonchev–Trinajstić information content (AvgIpc) is 3.18. The predicted molar refractivity (Wildman–Crippen MR) is 94.6 cm³/mol. The first kappa shape index (κ1) is 17.1. The largest absolute Gasteiger partial charge is 0.443 e. The summed E-state index contributed by atoms with van der Waals surface area (Å²) in [6.07, 6.45) is -0.532. The number of benzene rings is 1. The minimum Gasteiger partial charge on any atom is -0.443 e. The summed E-state index contributed by atoms with van der Waals surface area (Å²) in [5.41, 5.74) is 5.93. The van der Waals surface area contributed by atoms with Crippen LogP contribution in [-0.2, 0) is 9.53 Å². The van der Waals surface area contributed by atoms with E-state index < -0.39 is 0 Å². The molecular weight excluding hydrogens is 368 g/mol. The summed E-state index contributed by atoms with van der Waals surface area (Å²) in [4.78, 5) is 24.4. The zero-order valence-corrected chi connectivity index (χ0v) is 14.9. The van der Waals surface area contributed by atoms with Gasteiger partial charge < -0.3 is 10.5 Å². The topological polar surface area (TPSA) is 98.4 Å². The molecule has 0 bridgehead atoms. The molecule has 10 heteroatoms. The third-order valence-corrected chi connectivity index (χ3v) is 6.40. The van der Waals surface area contributed by atoms with E-state index in [1.807, 2.05) is 30.3 Å². The Morgan fingerprint density at radius 1 is 1.29 bits per heavy atom. The molecule has 0 spiro atoms. The maximum absolute atomic E-state index is 12.0. The van der Waals surface area contributed by atoms with Crippen molar-refractivity contribution in [3.63, 3.8) is 0 Å². The zero-order valence-electron chi connectivity index (χ0n) is 12.5. The van der Waals surface area contributed by atoms with Gasteiger partial charge in [0.05, 0.1) is 12.3 Å². The average molecular weight is 382 g/mol. The molecule has 0 unspecified atom stereocenters. The lowest BCUT2D eigenvalue weighted by Crippen LogP contribution is -2.24. The van der Waals surface area contributed by atoms with Crippen LogP contribution in [0.1, 0.15) is 0 Å². The molecule has 0 aliphatic carbocycles. The summed E-state index contributed by atoms with van der Waals surface area (Å²) in [5.74, 6) is 0.402. The standard InChI is InChI=1S/C14H14N4O3S3/c15-11(19)8-23-13-17-16-12(24-13)22-7-10-6-18(14(20)21-10)9-4-2-1-3-5-9/h1-5,10H,6-8H2,(H2,15,19)/t10-/m1/s1. The molecule has 3 rings (SSSR count). The van der Waals surface area contributed by atoms with Gasteiger partial charge in [0.15, 0.2) is 8.68 Å². The molecule has 2 heterocycles. The monoisotopic (exact) mass is 382 g/mol. The van der Waals surface area contributed by atoms with E-state index in [2.05, 4.69) is 10.2 Å². The van der Waals surface area contributed by atoms with Gasteiger partial charge in [-0.05, 0) is 12.1 Å². The fourth-order valence-electron chi connectivity index (χ4n) is 2.04. The Labute approximate surface area is 151 Å². The summed E-state index contributed by atoms with van der Waals surface area (Å²) >= 11 is 4.15. The van der Waals surface area contributed by atoms with Gasteiger partial charge >= 0.3 is 6.09 Å². The van der Waals surface area contributed by atoms with Gasteiger partial charge in [-0.25, -0.2) is 4.79 Å². The van der Waals surface area contributed by atoms with Crippen LogP contribution < -0.4 is 10.6 Å². The molecule has 1 aliphatic rings. The van der Waals surface area contributed by atoms with E-state index in [0.717, 1.165) is 10.0 Å². The number of carbonyl (C=O) groups excluding carboxylic acids is 2. The number of rotatable bonds is 7. The van der Waals surface area contributed by atoms with E-state index in [1.165, 1.54) is 34.9 Å². The quantitative estimate of drug-likeness (QED) is 0.733. The lowest BCUT2D eigenvalue weighted by atomic mass is 10.3. The number of nitrogens with two attached hydrogens (primary N) is 1. The van der Waals surface area contributed by atoms with E-state index in [4.69, 9.17) is 10.5 Å². The van der Waals surface area contributed by atoms with Gasteiger partial charge in [0, 0.05) is 11.4 Å². The number of primary amides is 1. The molecule has 1 saturated heterocycles. The highest BCUT2D eigenvalue weighted by atomic mass is 32.2. The highest BCUT2D eigenvalue weighted by Crippen LogP contribution is 2.30. The summed E-state index contributed by atoms with van der Waals surface area (Å²) in [6.45, 7) is 0.512. The molecule has 2 aromatic rings. The molecular formula is C14H14N4O3S3. The Morgan fingerprint density at radius 3 is 2.71 bits per heavy atom. The first-order chi connectivity index (χ1) is 11.6. The second-order valence-corrected chi connectivity index (χ2v) is 8.32. The van der Waals surface area contributed by atoms with Crippen molar-refractivity contribution in [2.75, 3.05) is 23.0 Å². The van der Waals surface area contributed by atoms with E-state index in [-0.39, 0.29) is 23.9 Å². The SMILES string of the molecule is NC(=O)CSc1nnc(SC[C@H]2CN(c3ccccc3)C(=O)O2)s1. The van der Waals surface area contributed by atoms with Crippen LogP contribution in [0.4, 0.5) is 10.5 Å². The number of nitrogens with zero attached hydrogens (tertiary/aromatic N) is 3. The number of hydrogen-bond donors (Lipinski definition) is 1. The lowest BCUT2D eigenvalue weighted by molar-refractivity contribution is -0.115. The first-order valence-electron chi connectivity index (χ1n) is 7.02. The van der Waals surface area contributed by atoms with Gasteiger partial charge in [-0.3, -0.25) is 9.69 Å². The number of cyclic esters (lactones) is 1. The molecule has 0 radical (unpaired) electrons. The molecule has 1 atom stereocenters. The molecule has 126 valence electrons. The van der Waals surface area contributed by atoms with Crippen LogP contribution in [0.15, 0.2) is 39.0 Å². The third kappa shape index (κ3) is 4.40. The summed E-state index contributed by atoms with van der Waals surface area (Å²) < 4.78 is 6.87. The van der Waals surface area contributed by atoms with Crippen molar-refractivity contribution in [2.24, 2.45) is 5.73 Å². The molecule has 1 aromatic heterocycles. The number of anilines is 1. The Balaban J connectivity index is 1.51. The van der Waals surface area contributed by atoms with Crippen LogP contribution in [0.5, 0.6) is 0 Å². The van der Waals surface area contributed by atoms with E-state index in [9.17, 15) is 9.59 Å². The molecule has 2 amide bonds. The minimum absolute atomic E-state index is 0.186. The van der Waals surface area contributed by atoms with Crippen molar-refractivity contribution in [3.8, 4) is 0 Å². The van der Waals surface area contributed by atoms with Crippen LogP contribution in [0.2, 0.25) is 0 Å². The second-order valence-electron chi connectivity index (χ2n) is 4.85. The molecule has 2 N–H and O–H groups in total. The van der Waals surface area contributed by atoms with E-state index >= 15 is 0 Å². The van der Waals surface area contributed by atoms with Crippen molar-refractivity contribution < 1.29 is 14.3 Å². The van der Waals surface area contributed by atoms with Crippen molar-refractivity contribution in [1.29, 1.82) is 0 Å². The highest BCUT2D eigenvalue weighted by Gasteiger charge is 2.32. The second kappa shape index (κ2) is 7.86. The molecule has 1 aliphatic heterocycles. The number of ether oxygens (including phenoxy) is 1. The minimum atomic E-state index is -0.386. The molecule has 0 saturated carbocycles. The summed E-state index contributed by atoms with van der Waals surface area (Å²) in [7, 11) is 0. The van der Waals surface area contributed by atoms with Crippen molar-refractivity contribution in [3.05, 3.63) is 30.3 Å². The number of aromatic nitrogens is 2. The zero-order chi connectivity index (χ0) is 16.9. The Kier molecular flexibility index (Phi) is 5.59. The van der Waals surface area contributed by atoms with Gasteiger partial charge in [-0.2, -0.15) is 0 Å². The van der Waals surface area contributed by atoms with Crippen LogP contribution in [0, 0.1) is 0 Å². The maximum Gasteiger partial charge on any atom is 0.414 e. The van der Waals surface area contributed by atoms with Crippen molar-refractivity contribution in [1.82, 2.24) is 10.2 Å². The number of thioether (sulfide) groups is 2. The molecule has 1 aromatic carbocycles. The fraction of sp³-hybridized carbons (Fsp3) is 0.286. The molecule has 24 heavy (non-hydrogen) atoms. The first-order valence-corrected chi connectivity index (χ1v) is 9.81. The normalized spacial score (nSPS) is 17.1. The number of hydrogen-bond acceptors (Lipinski definition) is 8. The van der Waals surface area contributed by atoms with E-state index in [1.54, 1.807) is 4.90 Å². The predicted octanol–water partition coefficient (Wildman–Crippen LogP) is 2.23. The summed E-state index contributed by atoms with van der Waals surface area (Å²) in [6, 6.07) is 9.43. The van der Waals surface area contributed by atoms with Gasteiger partial charge in [-0.1, -0.05) is 53.1 Å². The molecule has 7 nitrogen and oxygen atoms in total. The third-order valence-electron chi connectivity index (χ3n) is 3.06. The summed E-state index contributed by atoms with van der Waals surface area (Å²) in [5, 5.41) is 8.05. The lowest BCUT2D eigenvalue weighted by Gasteiger charge is -2.12. The number of carbonyl (C=O) groups is 2. The maximum atomic E-state index is 12.0. The van der Waals surface area contributed by atoms with Crippen molar-refractivity contribution >= 4 is 52.5 Å². The Hall–Kier alpha value is -1.78. The number of amides is 2. The van der Waals surface area contributed by atoms with E-state index in [0.29, 0.717) is 16.6 Å². The Morgan fingerprint density at radius 2 is 2.00 bits per heavy atom. The van der Waals surface area contributed by atoms with Gasteiger partial charge in [0.2, 0.25) is 5.91 Å². The number of para-hydroxylation sites is 1. The van der Waals surface area contributed by atoms with Gasteiger partial charge in [-0.15, -0.1) is 10.2 Å². The Bertz CT molecular complexity index is 725. The van der Waals surface area contributed by atoms with Crippen LogP contribution in [-0.4, -0.2) is 46.4 Å². The van der Waals surface area contributed by atoms with Gasteiger partial charge in [0.1, 0.15) is 6.10 Å². The van der Waals surface area contributed by atoms with Crippen LogP contribution >= 0.6 is 34.9 Å².